The van der Waals surface area contributed by atoms with Crippen molar-refractivity contribution in [3.05, 3.63) is 42.5 Å². The number of carbonyl (C=O) groups excluding carboxylic acids is 3. The molecular formula is C19H23NO5. The molecule has 6 nitrogen and oxygen atoms in total. The summed E-state index contributed by atoms with van der Waals surface area (Å²) >= 11 is 0. The number of hydrogen-bond acceptors (Lipinski definition) is 5. The SMILES string of the molecule is C=CCOC(=O)C1(C)CCCCN(C(=O)c2ccc(OC)cc2)C1=O. The number of hydrogen-bond donors (Lipinski definition) is 0. The number of amides is 2. The summed E-state index contributed by atoms with van der Waals surface area (Å²) in [6.45, 7) is 5.36. The van der Waals surface area contributed by atoms with Crippen molar-refractivity contribution in [1.29, 1.82) is 0 Å². The van der Waals surface area contributed by atoms with Gasteiger partial charge >= 0.3 is 5.97 Å². The maximum atomic E-state index is 13.0. The highest BCUT2D eigenvalue weighted by atomic mass is 16.5. The average molecular weight is 345 g/mol. The van der Waals surface area contributed by atoms with Gasteiger partial charge in [0.05, 0.1) is 7.11 Å². The fourth-order valence-corrected chi connectivity index (χ4v) is 2.82. The standard InChI is InChI=1S/C19H23NO5/c1-4-13-25-18(23)19(2)11-5-6-12-20(17(19)22)16(21)14-7-9-15(24-3)10-8-14/h4,7-10H,1,5-6,11-13H2,2-3H3. The number of nitrogens with zero attached hydrogens (tertiary/aromatic N) is 1. The molecule has 0 bridgehead atoms. The molecule has 1 atom stereocenters. The van der Waals surface area contributed by atoms with Crippen LogP contribution >= 0.6 is 0 Å². The summed E-state index contributed by atoms with van der Waals surface area (Å²) in [7, 11) is 1.54. The molecule has 0 radical (unpaired) electrons. The van der Waals surface area contributed by atoms with Gasteiger partial charge in [0.15, 0.2) is 0 Å². The van der Waals surface area contributed by atoms with Crippen LogP contribution in [0, 0.1) is 5.41 Å². The molecule has 1 aliphatic heterocycles. The minimum atomic E-state index is -1.36. The molecule has 0 saturated carbocycles. The molecule has 2 rings (SSSR count). The van der Waals surface area contributed by atoms with Crippen molar-refractivity contribution < 1.29 is 23.9 Å². The van der Waals surface area contributed by atoms with Gasteiger partial charge < -0.3 is 9.47 Å². The Bertz CT molecular complexity index is 667. The molecule has 1 heterocycles. The van der Waals surface area contributed by atoms with Gasteiger partial charge in [0.1, 0.15) is 17.8 Å². The molecular weight excluding hydrogens is 322 g/mol. The highest BCUT2D eigenvalue weighted by Crippen LogP contribution is 2.32. The van der Waals surface area contributed by atoms with E-state index in [0.29, 0.717) is 30.6 Å². The van der Waals surface area contributed by atoms with Crippen LogP contribution in [0.1, 0.15) is 36.5 Å². The van der Waals surface area contributed by atoms with Crippen LogP contribution in [0.5, 0.6) is 5.75 Å². The molecule has 25 heavy (non-hydrogen) atoms. The molecule has 0 aliphatic carbocycles. The van der Waals surface area contributed by atoms with E-state index in [0.717, 1.165) is 4.90 Å². The first-order chi connectivity index (χ1) is 11.9. The highest BCUT2D eigenvalue weighted by molar-refractivity contribution is 6.12. The summed E-state index contributed by atoms with van der Waals surface area (Å²) in [6.07, 6.45) is 3.12. The Hall–Kier alpha value is -2.63. The molecule has 1 aliphatic rings. The fourth-order valence-electron chi connectivity index (χ4n) is 2.82. The van der Waals surface area contributed by atoms with Gasteiger partial charge in [-0.2, -0.15) is 0 Å². The molecule has 0 aromatic heterocycles. The van der Waals surface area contributed by atoms with Crippen molar-refractivity contribution in [3.63, 3.8) is 0 Å². The third kappa shape index (κ3) is 3.90. The van der Waals surface area contributed by atoms with Gasteiger partial charge in [-0.15, -0.1) is 0 Å². The zero-order valence-corrected chi connectivity index (χ0v) is 14.6. The van der Waals surface area contributed by atoms with Crippen molar-refractivity contribution in [2.24, 2.45) is 5.41 Å². The second-order valence-corrected chi connectivity index (χ2v) is 6.17. The fraction of sp³-hybridized carbons (Fsp3) is 0.421. The second-order valence-electron chi connectivity index (χ2n) is 6.17. The van der Waals surface area contributed by atoms with E-state index in [1.54, 1.807) is 31.2 Å². The number of benzene rings is 1. The molecule has 1 fully saturated rings. The van der Waals surface area contributed by atoms with Gasteiger partial charge in [-0.05, 0) is 44.0 Å². The molecule has 0 N–H and O–H groups in total. The summed E-state index contributed by atoms with van der Waals surface area (Å²) in [4.78, 5) is 39.3. The van der Waals surface area contributed by atoms with Gasteiger partial charge in [-0.25, -0.2) is 0 Å². The van der Waals surface area contributed by atoms with Crippen LogP contribution in [0.3, 0.4) is 0 Å². The van der Waals surface area contributed by atoms with Gasteiger partial charge in [0.25, 0.3) is 5.91 Å². The summed E-state index contributed by atoms with van der Waals surface area (Å²) < 4.78 is 10.2. The minimum absolute atomic E-state index is 0.0358. The van der Waals surface area contributed by atoms with Crippen LogP contribution in [0.4, 0.5) is 0 Å². The zero-order chi connectivity index (χ0) is 18.4. The number of carbonyl (C=O) groups is 3. The number of esters is 1. The van der Waals surface area contributed by atoms with Crippen LogP contribution in [0.2, 0.25) is 0 Å². The molecule has 6 heteroatoms. The largest absolute Gasteiger partial charge is 0.497 e. The summed E-state index contributed by atoms with van der Waals surface area (Å²) in [5.41, 5.74) is -0.986. The Morgan fingerprint density at radius 1 is 1.28 bits per heavy atom. The maximum Gasteiger partial charge on any atom is 0.321 e. The van der Waals surface area contributed by atoms with Gasteiger partial charge in [0, 0.05) is 12.1 Å². The van der Waals surface area contributed by atoms with E-state index in [2.05, 4.69) is 6.58 Å². The summed E-state index contributed by atoms with van der Waals surface area (Å²) in [5, 5.41) is 0. The van der Waals surface area contributed by atoms with Crippen LogP contribution in [0.15, 0.2) is 36.9 Å². The topological polar surface area (TPSA) is 72.9 Å². The summed E-state index contributed by atoms with van der Waals surface area (Å²) in [5.74, 6) is -0.930. The minimum Gasteiger partial charge on any atom is -0.497 e. The van der Waals surface area contributed by atoms with E-state index in [1.807, 2.05) is 0 Å². The van der Waals surface area contributed by atoms with E-state index in [4.69, 9.17) is 9.47 Å². The number of imide groups is 1. The van der Waals surface area contributed by atoms with E-state index in [1.165, 1.54) is 13.2 Å². The molecule has 2 amide bonds. The van der Waals surface area contributed by atoms with Crippen LogP contribution in [0.25, 0.3) is 0 Å². The predicted octanol–water partition coefficient (Wildman–Crippen LogP) is 2.58. The van der Waals surface area contributed by atoms with Gasteiger partial charge in [-0.3, -0.25) is 19.3 Å². The Balaban J connectivity index is 2.26. The number of methoxy groups -OCH3 is 1. The van der Waals surface area contributed by atoms with Gasteiger partial charge in [-0.1, -0.05) is 19.1 Å². The van der Waals surface area contributed by atoms with E-state index < -0.39 is 23.2 Å². The highest BCUT2D eigenvalue weighted by Gasteiger charge is 2.47. The lowest BCUT2D eigenvalue weighted by Crippen LogP contribution is -2.48. The third-order valence-corrected chi connectivity index (χ3v) is 4.39. The molecule has 134 valence electrons. The molecule has 1 saturated heterocycles. The van der Waals surface area contributed by atoms with Crippen molar-refractivity contribution in [2.75, 3.05) is 20.3 Å². The lowest BCUT2D eigenvalue weighted by Gasteiger charge is -2.29. The third-order valence-electron chi connectivity index (χ3n) is 4.39. The van der Waals surface area contributed by atoms with E-state index in [9.17, 15) is 14.4 Å². The molecule has 1 aromatic rings. The first-order valence-corrected chi connectivity index (χ1v) is 8.22. The van der Waals surface area contributed by atoms with Crippen LogP contribution in [-0.2, 0) is 14.3 Å². The van der Waals surface area contributed by atoms with Crippen molar-refractivity contribution in [2.45, 2.75) is 26.2 Å². The molecule has 0 spiro atoms. The second kappa shape index (κ2) is 7.96. The van der Waals surface area contributed by atoms with Crippen molar-refractivity contribution in [1.82, 2.24) is 4.90 Å². The monoisotopic (exact) mass is 345 g/mol. The van der Waals surface area contributed by atoms with Crippen molar-refractivity contribution in [3.8, 4) is 5.75 Å². The Morgan fingerprint density at radius 3 is 2.56 bits per heavy atom. The molecule has 1 aromatic carbocycles. The Kier molecular flexibility index (Phi) is 5.96. The quantitative estimate of drug-likeness (QED) is 0.355. The van der Waals surface area contributed by atoms with Crippen LogP contribution in [-0.4, -0.2) is 42.9 Å². The van der Waals surface area contributed by atoms with Crippen molar-refractivity contribution >= 4 is 17.8 Å². The number of rotatable bonds is 5. The summed E-state index contributed by atoms with van der Waals surface area (Å²) in [6, 6.07) is 6.53. The first kappa shape index (κ1) is 18.7. The lowest BCUT2D eigenvalue weighted by molar-refractivity contribution is -0.162. The Morgan fingerprint density at radius 2 is 1.96 bits per heavy atom. The molecule has 1 unspecified atom stereocenters. The average Bonchev–Trinajstić information content (AvgIpc) is 2.79. The lowest BCUT2D eigenvalue weighted by atomic mass is 9.84. The predicted molar refractivity (Wildman–Crippen MR) is 92.2 cm³/mol. The maximum absolute atomic E-state index is 13.0. The van der Waals surface area contributed by atoms with Gasteiger partial charge in [0.2, 0.25) is 5.91 Å². The number of ether oxygens (including phenoxy) is 2. The van der Waals surface area contributed by atoms with E-state index >= 15 is 0 Å². The number of likely N-dealkylation sites (tertiary alicyclic amines) is 1. The van der Waals surface area contributed by atoms with Crippen LogP contribution < -0.4 is 4.74 Å². The zero-order valence-electron chi connectivity index (χ0n) is 14.6. The Labute approximate surface area is 147 Å². The normalized spacial score (nSPS) is 20.6. The first-order valence-electron chi connectivity index (χ1n) is 8.22. The van der Waals surface area contributed by atoms with E-state index in [-0.39, 0.29) is 13.2 Å². The smallest absolute Gasteiger partial charge is 0.321 e.